The number of hydrogen-bond acceptors (Lipinski definition) is 2. The summed E-state index contributed by atoms with van der Waals surface area (Å²) in [5, 5.41) is 8.57. The van der Waals surface area contributed by atoms with Crippen molar-refractivity contribution in [2.75, 3.05) is 13.6 Å². The molecule has 1 amide bonds. The van der Waals surface area contributed by atoms with Crippen LogP contribution in [0.1, 0.15) is 71.1 Å². The van der Waals surface area contributed by atoms with Gasteiger partial charge < -0.3 is 10.0 Å². The third kappa shape index (κ3) is 14.4. The second-order valence-electron chi connectivity index (χ2n) is 5.22. The summed E-state index contributed by atoms with van der Waals surface area (Å²) in [5.41, 5.74) is 0. The van der Waals surface area contributed by atoms with Gasteiger partial charge in [0.15, 0.2) is 0 Å². The van der Waals surface area contributed by atoms with Crippen LogP contribution in [-0.2, 0) is 9.59 Å². The summed E-state index contributed by atoms with van der Waals surface area (Å²) in [4.78, 5) is 23.3. The van der Waals surface area contributed by atoms with Gasteiger partial charge in [-0.15, -0.1) is 0 Å². The van der Waals surface area contributed by atoms with Crippen LogP contribution in [0.15, 0.2) is 0 Å². The van der Waals surface area contributed by atoms with Gasteiger partial charge in [-0.25, -0.2) is 0 Å². The Labute approximate surface area is 145 Å². The van der Waals surface area contributed by atoms with Crippen LogP contribution in [-0.4, -0.2) is 65.0 Å². The quantitative estimate of drug-likeness (QED) is 0.445. The van der Waals surface area contributed by atoms with Crippen LogP contribution in [0.25, 0.3) is 0 Å². The van der Waals surface area contributed by atoms with Crippen molar-refractivity contribution < 1.29 is 14.7 Å². The van der Waals surface area contributed by atoms with Gasteiger partial charge >= 0.3 is 35.5 Å². The minimum absolute atomic E-state index is 0. The van der Waals surface area contributed by atoms with Gasteiger partial charge in [-0.3, -0.25) is 9.59 Å². The summed E-state index contributed by atoms with van der Waals surface area (Å²) in [7, 11) is 1.55. The van der Waals surface area contributed by atoms with Crippen LogP contribution in [0.2, 0.25) is 0 Å². The first kappa shape index (κ1) is 22.2. The number of unbranched alkanes of at least 4 members (excludes halogenated alkanes) is 8. The van der Waals surface area contributed by atoms with E-state index in [0.29, 0.717) is 6.42 Å². The average molecular weight is 295 g/mol. The Kier molecular flexibility index (Phi) is 17.0. The molecule has 0 aliphatic heterocycles. The molecule has 0 saturated heterocycles. The van der Waals surface area contributed by atoms with Gasteiger partial charge in [-0.1, -0.05) is 58.3 Å². The number of carbonyl (C=O) groups is 2. The number of carbonyl (C=O) groups excluding carboxylic acids is 1. The summed E-state index contributed by atoms with van der Waals surface area (Å²) >= 11 is 0. The van der Waals surface area contributed by atoms with Gasteiger partial charge in [0.25, 0.3) is 0 Å². The molecule has 5 heteroatoms. The fourth-order valence-electron chi connectivity index (χ4n) is 2.07. The fraction of sp³-hybridized carbons (Fsp3) is 0.867. The molecular weight excluding hydrogens is 265 g/mol. The minimum atomic E-state index is -0.956. The van der Waals surface area contributed by atoms with Crippen molar-refractivity contribution in [2.24, 2.45) is 0 Å². The molecule has 20 heavy (non-hydrogen) atoms. The molecule has 0 unspecified atom stereocenters. The van der Waals surface area contributed by atoms with Crippen LogP contribution < -0.4 is 0 Å². The normalized spacial score (nSPS) is 9.90. The van der Waals surface area contributed by atoms with Crippen molar-refractivity contribution in [1.82, 2.24) is 4.90 Å². The zero-order chi connectivity index (χ0) is 14.5. The molecule has 0 saturated carbocycles. The van der Waals surface area contributed by atoms with Crippen molar-refractivity contribution in [1.29, 1.82) is 0 Å². The van der Waals surface area contributed by atoms with Gasteiger partial charge in [0.1, 0.15) is 6.54 Å². The van der Waals surface area contributed by atoms with E-state index in [-0.39, 0.29) is 42.0 Å². The number of hydrogen-bond donors (Lipinski definition) is 1. The van der Waals surface area contributed by atoms with E-state index in [4.69, 9.17) is 5.11 Å². The Morgan fingerprint density at radius 1 is 0.900 bits per heavy atom. The summed E-state index contributed by atoms with van der Waals surface area (Å²) in [5.74, 6) is -1.02. The molecule has 0 atom stereocenters. The van der Waals surface area contributed by atoms with Gasteiger partial charge in [0.05, 0.1) is 0 Å². The van der Waals surface area contributed by atoms with Gasteiger partial charge in [0.2, 0.25) is 5.91 Å². The predicted octanol–water partition coefficient (Wildman–Crippen LogP) is 2.80. The first-order chi connectivity index (χ1) is 9.07. The number of carboxylic acid groups (broad SMARTS) is 1. The Morgan fingerprint density at radius 2 is 1.35 bits per heavy atom. The second-order valence-corrected chi connectivity index (χ2v) is 5.22. The zero-order valence-electron chi connectivity index (χ0n) is 12.5. The van der Waals surface area contributed by atoms with Crippen molar-refractivity contribution in [2.45, 2.75) is 71.1 Å². The van der Waals surface area contributed by atoms with E-state index in [1.165, 1.54) is 49.8 Å². The predicted molar refractivity (Wildman–Crippen MR) is 84.3 cm³/mol. The molecular formula is C15H30NNaO3. The molecule has 0 rings (SSSR count). The topological polar surface area (TPSA) is 57.6 Å². The maximum absolute atomic E-state index is 11.5. The Hall–Kier alpha value is -0.0600. The number of amides is 1. The fourth-order valence-corrected chi connectivity index (χ4v) is 2.07. The Balaban J connectivity index is 0. The van der Waals surface area contributed by atoms with E-state index in [2.05, 4.69) is 6.92 Å². The number of nitrogens with zero attached hydrogens (tertiary/aromatic N) is 1. The van der Waals surface area contributed by atoms with E-state index < -0.39 is 5.97 Å². The number of carboxylic acids is 1. The molecule has 4 nitrogen and oxygen atoms in total. The molecule has 0 fully saturated rings. The maximum atomic E-state index is 11.5. The monoisotopic (exact) mass is 295 g/mol. The van der Waals surface area contributed by atoms with E-state index >= 15 is 0 Å². The molecule has 0 aromatic carbocycles. The van der Waals surface area contributed by atoms with Crippen molar-refractivity contribution in [3.63, 3.8) is 0 Å². The molecule has 0 aromatic heterocycles. The molecule has 0 spiro atoms. The molecule has 0 radical (unpaired) electrons. The number of rotatable bonds is 12. The molecule has 0 aliphatic carbocycles. The standard InChI is InChI=1S/C15H29NO3.Na.H/c1-3-4-5-6-7-8-9-10-11-12-14(17)16(2)13-15(18)19;;/h3-13H2,1-2H3,(H,18,19);;. The summed E-state index contributed by atoms with van der Waals surface area (Å²) in [6.45, 7) is 2.02. The van der Waals surface area contributed by atoms with E-state index in [0.717, 1.165) is 12.8 Å². The van der Waals surface area contributed by atoms with E-state index in [1.54, 1.807) is 7.05 Å². The third-order valence-electron chi connectivity index (χ3n) is 3.29. The number of aliphatic carboxylic acids is 1. The summed E-state index contributed by atoms with van der Waals surface area (Å²) in [6.07, 6.45) is 11.4. The van der Waals surface area contributed by atoms with Crippen molar-refractivity contribution >= 4 is 41.4 Å². The summed E-state index contributed by atoms with van der Waals surface area (Å²) in [6, 6.07) is 0. The van der Waals surface area contributed by atoms with Crippen LogP contribution in [0, 0.1) is 0 Å². The Bertz CT molecular complexity index is 260. The van der Waals surface area contributed by atoms with E-state index in [1.807, 2.05) is 0 Å². The van der Waals surface area contributed by atoms with Gasteiger partial charge in [-0.2, -0.15) is 0 Å². The Morgan fingerprint density at radius 3 is 1.80 bits per heavy atom. The second kappa shape index (κ2) is 15.3. The van der Waals surface area contributed by atoms with Crippen molar-refractivity contribution in [3.8, 4) is 0 Å². The van der Waals surface area contributed by atoms with Crippen LogP contribution in [0.4, 0.5) is 0 Å². The molecule has 114 valence electrons. The first-order valence-electron chi connectivity index (χ1n) is 7.53. The average Bonchev–Trinajstić information content (AvgIpc) is 2.35. The summed E-state index contributed by atoms with van der Waals surface area (Å²) < 4.78 is 0. The van der Waals surface area contributed by atoms with Gasteiger partial charge in [-0.05, 0) is 6.42 Å². The molecule has 0 heterocycles. The van der Waals surface area contributed by atoms with Crippen LogP contribution in [0.3, 0.4) is 0 Å². The molecule has 0 aliphatic rings. The van der Waals surface area contributed by atoms with E-state index in [9.17, 15) is 9.59 Å². The first-order valence-corrected chi connectivity index (χ1v) is 7.53. The molecule has 0 bridgehead atoms. The SMILES string of the molecule is CCCCCCCCCCCC(=O)N(C)CC(=O)O.[NaH]. The van der Waals surface area contributed by atoms with Gasteiger partial charge in [0, 0.05) is 13.5 Å². The number of likely N-dealkylation sites (N-methyl/N-ethyl adjacent to an activating group) is 1. The molecule has 1 N–H and O–H groups in total. The molecule has 0 aromatic rings. The van der Waals surface area contributed by atoms with Crippen LogP contribution in [0.5, 0.6) is 0 Å². The third-order valence-corrected chi connectivity index (χ3v) is 3.29. The van der Waals surface area contributed by atoms with Crippen molar-refractivity contribution in [3.05, 3.63) is 0 Å². The van der Waals surface area contributed by atoms with Crippen LogP contribution >= 0.6 is 0 Å². The zero-order valence-corrected chi connectivity index (χ0v) is 12.5.